The van der Waals surface area contributed by atoms with Crippen LogP contribution in [0.2, 0.25) is 0 Å². The molecule has 0 unspecified atom stereocenters. The summed E-state index contributed by atoms with van der Waals surface area (Å²) >= 11 is 0. The fourth-order valence-corrected chi connectivity index (χ4v) is 1.16. The van der Waals surface area contributed by atoms with Crippen LogP contribution in [0.4, 0.5) is 14.6 Å². The highest BCUT2D eigenvalue weighted by Crippen LogP contribution is 2.31. The number of carbonyl (C=O) groups is 1. The number of pyridine rings is 1. The molecule has 0 aliphatic heterocycles. The second-order valence-electron chi connectivity index (χ2n) is 3.57. The maximum atomic E-state index is 13.3. The predicted molar refractivity (Wildman–Crippen MR) is 54.7 cm³/mol. The van der Waals surface area contributed by atoms with E-state index >= 15 is 0 Å². The van der Waals surface area contributed by atoms with Gasteiger partial charge in [-0.1, -0.05) is 0 Å². The molecule has 0 atom stereocenters. The zero-order valence-corrected chi connectivity index (χ0v) is 8.94. The Kier molecular flexibility index (Phi) is 3.41. The quantitative estimate of drug-likeness (QED) is 0.855. The Balaban J connectivity index is 2.92. The van der Waals surface area contributed by atoms with Crippen molar-refractivity contribution in [2.45, 2.75) is 12.3 Å². The number of anilines is 1. The number of nitrogens with zero attached hydrogens (tertiary/aromatic N) is 2. The number of hydrogen-bond donors (Lipinski definition) is 1. The first kappa shape index (κ1) is 12.4. The van der Waals surface area contributed by atoms with Gasteiger partial charge in [-0.25, -0.2) is 13.8 Å². The monoisotopic (exact) mass is 230 g/mol. The molecule has 1 aromatic rings. The fraction of sp³-hybridized carbons (Fsp3) is 0.400. The van der Waals surface area contributed by atoms with Crippen LogP contribution < -0.4 is 4.90 Å². The van der Waals surface area contributed by atoms with Crippen LogP contribution in [0.1, 0.15) is 12.0 Å². The molecule has 4 nitrogen and oxygen atoms in total. The Morgan fingerprint density at radius 3 is 2.50 bits per heavy atom. The molecule has 0 aliphatic carbocycles. The van der Waals surface area contributed by atoms with Gasteiger partial charge in [0, 0.05) is 25.9 Å². The molecule has 1 heterocycles. The Bertz CT molecular complexity index is 377. The Morgan fingerprint density at radius 1 is 1.50 bits per heavy atom. The maximum Gasteiger partial charge on any atom is 0.309 e. The number of rotatable bonds is 4. The highest BCUT2D eigenvalue weighted by atomic mass is 19.3. The van der Waals surface area contributed by atoms with E-state index in [4.69, 9.17) is 5.11 Å². The number of halogens is 2. The minimum Gasteiger partial charge on any atom is -0.481 e. The molecule has 0 fully saturated rings. The first-order valence-corrected chi connectivity index (χ1v) is 4.56. The highest BCUT2D eigenvalue weighted by Gasteiger charge is 2.34. The number of alkyl halides is 2. The molecule has 0 spiro atoms. The zero-order valence-electron chi connectivity index (χ0n) is 8.94. The molecule has 1 aromatic heterocycles. The van der Waals surface area contributed by atoms with Crippen LogP contribution >= 0.6 is 0 Å². The number of aromatic nitrogens is 1. The van der Waals surface area contributed by atoms with Crippen molar-refractivity contribution in [3.63, 3.8) is 0 Å². The van der Waals surface area contributed by atoms with Gasteiger partial charge in [0.05, 0.1) is 0 Å². The van der Waals surface area contributed by atoms with Gasteiger partial charge >= 0.3 is 5.97 Å². The average Bonchev–Trinajstić information content (AvgIpc) is 2.16. The molecular formula is C10H12F2N2O2. The van der Waals surface area contributed by atoms with Crippen molar-refractivity contribution in [1.29, 1.82) is 0 Å². The topological polar surface area (TPSA) is 53.4 Å². The highest BCUT2D eigenvalue weighted by molar-refractivity contribution is 5.68. The van der Waals surface area contributed by atoms with E-state index in [1.807, 2.05) is 0 Å². The van der Waals surface area contributed by atoms with Crippen LogP contribution in [-0.4, -0.2) is 30.2 Å². The van der Waals surface area contributed by atoms with E-state index in [9.17, 15) is 13.6 Å². The van der Waals surface area contributed by atoms with E-state index in [0.29, 0.717) is 5.82 Å². The number of carboxylic acid groups (broad SMARTS) is 1. The predicted octanol–water partition coefficient (Wildman–Crippen LogP) is 1.71. The van der Waals surface area contributed by atoms with Crippen molar-refractivity contribution in [2.75, 3.05) is 19.0 Å². The summed E-state index contributed by atoms with van der Waals surface area (Å²) in [5, 5.41) is 8.34. The van der Waals surface area contributed by atoms with Gasteiger partial charge in [0.2, 0.25) is 0 Å². The van der Waals surface area contributed by atoms with Gasteiger partial charge < -0.3 is 10.0 Å². The zero-order chi connectivity index (χ0) is 12.3. The van der Waals surface area contributed by atoms with Crippen molar-refractivity contribution in [3.8, 4) is 0 Å². The van der Waals surface area contributed by atoms with Gasteiger partial charge in [0.1, 0.15) is 12.2 Å². The smallest absolute Gasteiger partial charge is 0.309 e. The normalized spacial score (nSPS) is 11.2. The molecule has 0 aliphatic rings. The lowest BCUT2D eigenvalue weighted by molar-refractivity contribution is -0.145. The molecule has 6 heteroatoms. The molecule has 0 saturated carbocycles. The van der Waals surface area contributed by atoms with Crippen molar-refractivity contribution in [1.82, 2.24) is 4.98 Å². The minimum absolute atomic E-state index is 0.388. The van der Waals surface area contributed by atoms with Crippen molar-refractivity contribution >= 4 is 11.8 Å². The Morgan fingerprint density at radius 2 is 2.12 bits per heavy atom. The van der Waals surface area contributed by atoms with E-state index in [2.05, 4.69) is 4.98 Å². The number of aliphatic carboxylic acids is 1. The van der Waals surface area contributed by atoms with Crippen LogP contribution in [0, 0.1) is 0 Å². The third-order valence-corrected chi connectivity index (χ3v) is 2.00. The van der Waals surface area contributed by atoms with Crippen LogP contribution in [0.25, 0.3) is 0 Å². The van der Waals surface area contributed by atoms with E-state index in [-0.39, 0.29) is 5.56 Å². The van der Waals surface area contributed by atoms with Crippen molar-refractivity contribution in [3.05, 3.63) is 23.9 Å². The SMILES string of the molecule is CN(C)c1ccc(C(F)(F)CC(=O)O)cn1. The molecular weight excluding hydrogens is 218 g/mol. The molecule has 16 heavy (non-hydrogen) atoms. The molecule has 1 rings (SSSR count). The van der Waals surface area contributed by atoms with Crippen LogP contribution in [0.5, 0.6) is 0 Å². The summed E-state index contributed by atoms with van der Waals surface area (Å²) in [4.78, 5) is 15.7. The second kappa shape index (κ2) is 4.42. The Hall–Kier alpha value is -1.72. The lowest BCUT2D eigenvalue weighted by atomic mass is 10.1. The maximum absolute atomic E-state index is 13.3. The van der Waals surface area contributed by atoms with Gasteiger partial charge in [-0.15, -0.1) is 0 Å². The summed E-state index contributed by atoms with van der Waals surface area (Å²) in [7, 11) is 3.47. The van der Waals surface area contributed by atoms with Crippen molar-refractivity contribution in [2.24, 2.45) is 0 Å². The largest absolute Gasteiger partial charge is 0.481 e. The average molecular weight is 230 g/mol. The molecule has 0 radical (unpaired) electrons. The number of carboxylic acids is 1. The summed E-state index contributed by atoms with van der Waals surface area (Å²) in [6.45, 7) is 0. The summed E-state index contributed by atoms with van der Waals surface area (Å²) in [5.74, 6) is -4.39. The van der Waals surface area contributed by atoms with E-state index in [1.54, 1.807) is 19.0 Å². The third-order valence-electron chi connectivity index (χ3n) is 2.00. The Labute approximate surface area is 91.5 Å². The molecule has 0 amide bonds. The molecule has 0 aromatic carbocycles. The third kappa shape index (κ3) is 2.88. The first-order valence-electron chi connectivity index (χ1n) is 4.56. The minimum atomic E-state index is -3.39. The second-order valence-corrected chi connectivity index (χ2v) is 3.57. The van der Waals surface area contributed by atoms with E-state index < -0.39 is 18.3 Å². The number of hydrogen-bond acceptors (Lipinski definition) is 3. The molecule has 0 bridgehead atoms. The molecule has 88 valence electrons. The van der Waals surface area contributed by atoms with Gasteiger partial charge in [-0.3, -0.25) is 4.79 Å². The summed E-state index contributed by atoms with van der Waals surface area (Å²) in [6.07, 6.45) is -0.228. The van der Waals surface area contributed by atoms with Gasteiger partial charge in [0.15, 0.2) is 0 Å². The van der Waals surface area contributed by atoms with Gasteiger partial charge in [-0.2, -0.15) is 0 Å². The lowest BCUT2D eigenvalue weighted by Crippen LogP contribution is -2.19. The van der Waals surface area contributed by atoms with Crippen LogP contribution in [0.15, 0.2) is 18.3 Å². The summed E-state index contributed by atoms with van der Waals surface area (Å²) in [5.41, 5.74) is -0.388. The fourth-order valence-electron chi connectivity index (χ4n) is 1.16. The van der Waals surface area contributed by atoms with E-state index in [0.717, 1.165) is 6.20 Å². The lowest BCUT2D eigenvalue weighted by Gasteiger charge is -2.16. The van der Waals surface area contributed by atoms with Gasteiger partial charge in [0.25, 0.3) is 5.92 Å². The standard InChI is InChI=1S/C10H12F2N2O2/c1-14(2)8-4-3-7(6-13-8)10(11,12)5-9(15)16/h3-4,6H,5H2,1-2H3,(H,15,16). The van der Waals surface area contributed by atoms with Crippen molar-refractivity contribution < 1.29 is 18.7 Å². The molecule has 0 saturated heterocycles. The summed E-state index contributed by atoms with van der Waals surface area (Å²) < 4.78 is 26.6. The van der Waals surface area contributed by atoms with Gasteiger partial charge in [-0.05, 0) is 12.1 Å². The first-order chi connectivity index (χ1) is 7.33. The summed E-state index contributed by atoms with van der Waals surface area (Å²) in [6, 6.07) is 2.61. The van der Waals surface area contributed by atoms with E-state index in [1.165, 1.54) is 12.1 Å². The van der Waals surface area contributed by atoms with Crippen LogP contribution in [0.3, 0.4) is 0 Å². The molecule has 1 N–H and O–H groups in total. The van der Waals surface area contributed by atoms with Crippen LogP contribution in [-0.2, 0) is 10.7 Å².